The first-order valence-electron chi connectivity index (χ1n) is 10.4. The first-order chi connectivity index (χ1) is 15.8. The maximum absolute atomic E-state index is 12.7. The number of carbonyl (C=O) groups excluding carboxylic acids is 1. The summed E-state index contributed by atoms with van der Waals surface area (Å²) in [6.45, 7) is 1.38. The molecule has 8 heteroatoms. The van der Waals surface area contributed by atoms with Crippen molar-refractivity contribution in [2.75, 3.05) is 6.54 Å². The van der Waals surface area contributed by atoms with Crippen molar-refractivity contribution >= 4 is 16.9 Å². The smallest absolute Gasteiger partial charge is 0.251 e. The molecular weight excluding hydrogens is 402 g/mol. The number of nitrogens with one attached hydrogen (secondary N) is 2. The third kappa shape index (κ3) is 4.11. The normalized spacial score (nSPS) is 11.0. The Morgan fingerprint density at radius 2 is 1.84 bits per heavy atom. The summed E-state index contributed by atoms with van der Waals surface area (Å²) in [7, 11) is 0. The largest absolute Gasteiger partial charge is 0.352 e. The number of hydrogen-bond donors (Lipinski definition) is 2. The summed E-state index contributed by atoms with van der Waals surface area (Å²) in [4.78, 5) is 26.4. The van der Waals surface area contributed by atoms with Crippen LogP contribution in [0.15, 0.2) is 79.5 Å². The van der Waals surface area contributed by atoms with Crippen molar-refractivity contribution in [1.29, 1.82) is 0 Å². The number of carbonyl (C=O) groups is 1. The van der Waals surface area contributed by atoms with Gasteiger partial charge in [0.15, 0.2) is 0 Å². The first kappa shape index (κ1) is 19.6. The monoisotopic (exact) mass is 423 g/mol. The van der Waals surface area contributed by atoms with Crippen molar-refractivity contribution in [2.45, 2.75) is 13.0 Å². The van der Waals surface area contributed by atoms with Gasteiger partial charge in [0.2, 0.25) is 0 Å². The number of rotatable bonds is 7. The highest BCUT2D eigenvalue weighted by Crippen LogP contribution is 2.29. The molecule has 5 aromatic rings. The van der Waals surface area contributed by atoms with E-state index < -0.39 is 0 Å². The van der Waals surface area contributed by atoms with Crippen LogP contribution in [0.25, 0.3) is 33.7 Å². The predicted molar refractivity (Wildman–Crippen MR) is 122 cm³/mol. The highest BCUT2D eigenvalue weighted by molar-refractivity contribution is 5.98. The molecule has 3 aromatic heterocycles. The van der Waals surface area contributed by atoms with E-state index in [0.29, 0.717) is 23.3 Å². The zero-order valence-electron chi connectivity index (χ0n) is 17.3. The lowest BCUT2D eigenvalue weighted by Crippen LogP contribution is -2.25. The number of nitrogens with zero attached hydrogens (tertiary/aromatic N) is 5. The second-order valence-corrected chi connectivity index (χ2v) is 7.37. The molecular formula is C24H21N7O. The topological polar surface area (TPSA) is 101 Å². The quantitative estimate of drug-likeness (QED) is 0.389. The van der Waals surface area contributed by atoms with E-state index in [9.17, 15) is 4.79 Å². The van der Waals surface area contributed by atoms with Crippen LogP contribution in [-0.4, -0.2) is 42.2 Å². The minimum atomic E-state index is -0.130. The Morgan fingerprint density at radius 1 is 0.969 bits per heavy atom. The molecule has 5 rings (SSSR count). The van der Waals surface area contributed by atoms with Gasteiger partial charge in [-0.15, -0.1) is 0 Å². The lowest BCUT2D eigenvalue weighted by atomic mass is 10.1. The Kier molecular flexibility index (Phi) is 5.40. The number of amides is 1. The highest BCUT2D eigenvalue weighted by Gasteiger charge is 2.15. The second-order valence-electron chi connectivity index (χ2n) is 7.37. The summed E-state index contributed by atoms with van der Waals surface area (Å²) in [5.74, 6) is -0.130. The predicted octanol–water partition coefficient (Wildman–Crippen LogP) is 3.70. The van der Waals surface area contributed by atoms with Gasteiger partial charge in [0.1, 0.15) is 5.69 Å². The van der Waals surface area contributed by atoms with Gasteiger partial charge in [-0.2, -0.15) is 5.10 Å². The zero-order chi connectivity index (χ0) is 21.8. The molecule has 0 saturated carbocycles. The zero-order valence-corrected chi connectivity index (χ0v) is 17.3. The van der Waals surface area contributed by atoms with Crippen molar-refractivity contribution in [3.05, 3.63) is 85.1 Å². The van der Waals surface area contributed by atoms with Crippen LogP contribution in [0.3, 0.4) is 0 Å². The Labute approximate surface area is 184 Å². The fourth-order valence-corrected chi connectivity index (χ4v) is 3.55. The Hall–Kier alpha value is -4.33. The average Bonchev–Trinajstić information content (AvgIpc) is 3.56. The minimum Gasteiger partial charge on any atom is -0.352 e. The van der Waals surface area contributed by atoms with E-state index in [0.717, 1.165) is 35.4 Å². The molecule has 0 aliphatic carbocycles. The molecule has 2 N–H and O–H groups in total. The van der Waals surface area contributed by atoms with Crippen LogP contribution >= 0.6 is 0 Å². The molecule has 0 atom stereocenters. The van der Waals surface area contributed by atoms with Crippen molar-refractivity contribution in [2.24, 2.45) is 0 Å². The van der Waals surface area contributed by atoms with Crippen molar-refractivity contribution < 1.29 is 4.79 Å². The van der Waals surface area contributed by atoms with Gasteiger partial charge in [0.05, 0.1) is 28.7 Å². The van der Waals surface area contributed by atoms with E-state index in [2.05, 4.69) is 20.5 Å². The summed E-state index contributed by atoms with van der Waals surface area (Å²) in [6.07, 6.45) is 7.93. The molecule has 0 radical (unpaired) electrons. The number of aromatic amines is 1. The fourth-order valence-electron chi connectivity index (χ4n) is 3.55. The molecule has 0 aliphatic rings. The van der Waals surface area contributed by atoms with Gasteiger partial charge in [-0.05, 0) is 30.7 Å². The van der Waals surface area contributed by atoms with E-state index in [4.69, 9.17) is 9.97 Å². The molecule has 0 saturated heterocycles. The van der Waals surface area contributed by atoms with Gasteiger partial charge in [0.25, 0.3) is 5.91 Å². The van der Waals surface area contributed by atoms with E-state index in [1.807, 2.05) is 53.2 Å². The Morgan fingerprint density at radius 3 is 2.62 bits per heavy atom. The van der Waals surface area contributed by atoms with E-state index >= 15 is 0 Å². The van der Waals surface area contributed by atoms with Crippen LogP contribution in [0.2, 0.25) is 0 Å². The number of aryl methyl sites for hydroxylation is 1. The van der Waals surface area contributed by atoms with Crippen LogP contribution in [0.4, 0.5) is 0 Å². The standard InChI is InChI=1S/C24H21N7O/c32-24(26-10-4-13-31-14-12-25-16-31)18-7-8-19-21(15-18)29-23(20-9-11-27-30-20)22(28-19)17-5-2-1-3-6-17/h1-3,5-9,11-12,14-16H,4,10,13H2,(H,26,32)(H,27,30). The summed E-state index contributed by atoms with van der Waals surface area (Å²) in [5, 5.41) is 10.00. The number of imidazole rings is 1. The Balaban J connectivity index is 1.41. The SMILES string of the molecule is O=C(NCCCn1ccnc1)c1ccc2nc(-c3ccccc3)c(-c3ccn[nH]3)nc2c1. The van der Waals surface area contributed by atoms with Gasteiger partial charge in [-0.1, -0.05) is 30.3 Å². The van der Waals surface area contributed by atoms with Crippen molar-refractivity contribution in [3.8, 4) is 22.6 Å². The summed E-state index contributed by atoms with van der Waals surface area (Å²) in [6, 6.07) is 17.2. The molecule has 0 spiro atoms. The number of aromatic nitrogens is 6. The summed E-state index contributed by atoms with van der Waals surface area (Å²) in [5.41, 5.74) is 5.12. The second kappa shape index (κ2) is 8.81. The van der Waals surface area contributed by atoms with Gasteiger partial charge in [0, 0.05) is 42.8 Å². The number of hydrogen-bond acceptors (Lipinski definition) is 5. The molecule has 0 unspecified atom stereocenters. The van der Waals surface area contributed by atoms with Crippen molar-refractivity contribution in [3.63, 3.8) is 0 Å². The lowest BCUT2D eigenvalue weighted by Gasteiger charge is -2.10. The van der Waals surface area contributed by atoms with Crippen LogP contribution in [0.1, 0.15) is 16.8 Å². The van der Waals surface area contributed by atoms with Crippen LogP contribution in [-0.2, 0) is 6.54 Å². The van der Waals surface area contributed by atoms with E-state index in [1.54, 1.807) is 30.9 Å². The van der Waals surface area contributed by atoms with E-state index in [1.165, 1.54) is 0 Å². The van der Waals surface area contributed by atoms with Crippen LogP contribution < -0.4 is 5.32 Å². The maximum atomic E-state index is 12.7. The van der Waals surface area contributed by atoms with Crippen LogP contribution in [0.5, 0.6) is 0 Å². The molecule has 8 nitrogen and oxygen atoms in total. The summed E-state index contributed by atoms with van der Waals surface area (Å²) >= 11 is 0. The molecule has 1 amide bonds. The molecule has 0 fully saturated rings. The number of H-pyrrole nitrogens is 1. The van der Waals surface area contributed by atoms with Gasteiger partial charge in [-0.25, -0.2) is 15.0 Å². The highest BCUT2D eigenvalue weighted by atomic mass is 16.1. The molecule has 158 valence electrons. The van der Waals surface area contributed by atoms with Gasteiger partial charge in [-0.3, -0.25) is 9.89 Å². The van der Waals surface area contributed by atoms with Gasteiger partial charge >= 0.3 is 0 Å². The molecule has 3 heterocycles. The van der Waals surface area contributed by atoms with Crippen LogP contribution in [0, 0.1) is 0 Å². The molecule has 32 heavy (non-hydrogen) atoms. The van der Waals surface area contributed by atoms with Crippen molar-refractivity contribution in [1.82, 2.24) is 35.0 Å². The van der Waals surface area contributed by atoms with Gasteiger partial charge < -0.3 is 9.88 Å². The third-order valence-corrected chi connectivity index (χ3v) is 5.17. The summed E-state index contributed by atoms with van der Waals surface area (Å²) < 4.78 is 1.99. The third-order valence-electron chi connectivity index (χ3n) is 5.17. The molecule has 2 aromatic carbocycles. The molecule has 0 bridgehead atoms. The maximum Gasteiger partial charge on any atom is 0.251 e. The average molecular weight is 423 g/mol. The van der Waals surface area contributed by atoms with E-state index in [-0.39, 0.29) is 5.91 Å². The fraction of sp³-hybridized carbons (Fsp3) is 0.125. The minimum absolute atomic E-state index is 0.130. The lowest BCUT2D eigenvalue weighted by molar-refractivity contribution is 0.0953. The number of fused-ring (bicyclic) bond motifs is 1. The molecule has 0 aliphatic heterocycles. The Bertz CT molecular complexity index is 1330. The number of benzene rings is 2. The first-order valence-corrected chi connectivity index (χ1v) is 10.4.